The van der Waals surface area contributed by atoms with Crippen molar-refractivity contribution in [2.24, 2.45) is 0 Å². The van der Waals surface area contributed by atoms with Gasteiger partial charge in [0.2, 0.25) is 5.91 Å². The molecular weight excluding hydrogens is 335 g/mol. The fraction of sp³-hybridized carbons (Fsp3) is 0.300. The molecular formula is C20H21FN2O3. The predicted octanol–water partition coefficient (Wildman–Crippen LogP) is 3.15. The van der Waals surface area contributed by atoms with Crippen LogP contribution in [0.2, 0.25) is 0 Å². The number of halogens is 1. The molecule has 0 atom stereocenters. The summed E-state index contributed by atoms with van der Waals surface area (Å²) in [5.41, 5.74) is 1.29. The van der Waals surface area contributed by atoms with E-state index in [9.17, 15) is 14.0 Å². The van der Waals surface area contributed by atoms with E-state index in [1.165, 1.54) is 12.1 Å². The van der Waals surface area contributed by atoms with Crippen LogP contribution in [0, 0.1) is 5.82 Å². The molecule has 5 nitrogen and oxygen atoms in total. The van der Waals surface area contributed by atoms with Crippen molar-refractivity contribution in [3.05, 3.63) is 59.9 Å². The first-order chi connectivity index (χ1) is 12.6. The van der Waals surface area contributed by atoms with Crippen LogP contribution in [0.1, 0.15) is 29.6 Å². The molecule has 0 aromatic heterocycles. The molecule has 0 bridgehead atoms. The Morgan fingerprint density at radius 3 is 2.73 bits per heavy atom. The van der Waals surface area contributed by atoms with Crippen LogP contribution in [0.15, 0.2) is 48.5 Å². The highest BCUT2D eigenvalue weighted by Gasteiger charge is 2.22. The van der Waals surface area contributed by atoms with Gasteiger partial charge in [-0.25, -0.2) is 4.39 Å². The number of ether oxygens (including phenoxy) is 1. The van der Waals surface area contributed by atoms with Crippen LogP contribution in [0.4, 0.5) is 10.1 Å². The molecule has 0 spiro atoms. The quantitative estimate of drug-likeness (QED) is 0.776. The first-order valence-corrected chi connectivity index (χ1v) is 8.70. The van der Waals surface area contributed by atoms with Gasteiger partial charge in [0.25, 0.3) is 5.91 Å². The molecule has 0 radical (unpaired) electrons. The molecule has 6 heteroatoms. The number of nitrogens with zero attached hydrogens (tertiary/aromatic N) is 1. The number of hydrogen-bond donors (Lipinski definition) is 1. The van der Waals surface area contributed by atoms with Gasteiger partial charge in [0, 0.05) is 30.8 Å². The summed E-state index contributed by atoms with van der Waals surface area (Å²) in [4.78, 5) is 25.8. The maximum atomic E-state index is 12.8. The monoisotopic (exact) mass is 356 g/mol. The summed E-state index contributed by atoms with van der Waals surface area (Å²) >= 11 is 0. The van der Waals surface area contributed by atoms with E-state index in [-0.39, 0.29) is 17.6 Å². The van der Waals surface area contributed by atoms with Gasteiger partial charge in [-0.2, -0.15) is 0 Å². The van der Waals surface area contributed by atoms with Gasteiger partial charge >= 0.3 is 0 Å². The summed E-state index contributed by atoms with van der Waals surface area (Å²) in [5.74, 6) is 0.212. The van der Waals surface area contributed by atoms with Crippen LogP contribution in [0.25, 0.3) is 0 Å². The summed E-state index contributed by atoms with van der Waals surface area (Å²) in [5, 5.41) is 2.84. The summed E-state index contributed by atoms with van der Waals surface area (Å²) in [7, 11) is 0. The number of hydrogen-bond acceptors (Lipinski definition) is 3. The molecule has 1 N–H and O–H groups in total. The predicted molar refractivity (Wildman–Crippen MR) is 96.9 cm³/mol. The van der Waals surface area contributed by atoms with E-state index in [1.54, 1.807) is 35.2 Å². The van der Waals surface area contributed by atoms with Crippen molar-refractivity contribution in [2.45, 2.75) is 19.3 Å². The minimum Gasteiger partial charge on any atom is -0.494 e. The highest BCUT2D eigenvalue weighted by Crippen LogP contribution is 2.22. The number of benzene rings is 2. The Balaban J connectivity index is 1.44. The van der Waals surface area contributed by atoms with E-state index < -0.39 is 0 Å². The molecule has 0 saturated carbocycles. The van der Waals surface area contributed by atoms with Gasteiger partial charge in [0.05, 0.1) is 6.61 Å². The van der Waals surface area contributed by atoms with E-state index in [2.05, 4.69) is 5.32 Å². The fourth-order valence-electron chi connectivity index (χ4n) is 2.83. The fourth-order valence-corrected chi connectivity index (χ4v) is 2.83. The zero-order valence-corrected chi connectivity index (χ0v) is 14.4. The van der Waals surface area contributed by atoms with Gasteiger partial charge in [-0.05, 0) is 55.3 Å². The first kappa shape index (κ1) is 17.9. The van der Waals surface area contributed by atoms with Crippen molar-refractivity contribution in [3.63, 3.8) is 0 Å². The summed E-state index contributed by atoms with van der Waals surface area (Å²) in [6, 6.07) is 12.9. The Bertz CT molecular complexity index is 777. The first-order valence-electron chi connectivity index (χ1n) is 8.70. The minimum atomic E-state index is -0.303. The van der Waals surface area contributed by atoms with E-state index in [1.807, 2.05) is 6.07 Å². The molecule has 1 aliphatic rings. The van der Waals surface area contributed by atoms with Crippen LogP contribution in [0.5, 0.6) is 5.75 Å². The third-order valence-corrected chi connectivity index (χ3v) is 4.18. The molecule has 1 fully saturated rings. The van der Waals surface area contributed by atoms with E-state index in [0.29, 0.717) is 43.9 Å². The van der Waals surface area contributed by atoms with Gasteiger partial charge in [-0.1, -0.05) is 6.07 Å². The van der Waals surface area contributed by atoms with Crippen molar-refractivity contribution in [2.75, 3.05) is 24.6 Å². The van der Waals surface area contributed by atoms with Crippen LogP contribution >= 0.6 is 0 Å². The summed E-state index contributed by atoms with van der Waals surface area (Å²) < 4.78 is 18.3. The average molecular weight is 356 g/mol. The summed E-state index contributed by atoms with van der Waals surface area (Å²) in [6.07, 6.45) is 2.04. The smallest absolute Gasteiger partial charge is 0.251 e. The Labute approximate surface area is 151 Å². The lowest BCUT2D eigenvalue weighted by atomic mass is 10.1. The molecule has 1 saturated heterocycles. The van der Waals surface area contributed by atoms with Gasteiger partial charge < -0.3 is 15.0 Å². The third kappa shape index (κ3) is 4.59. The van der Waals surface area contributed by atoms with Crippen molar-refractivity contribution < 1.29 is 18.7 Å². The second-order valence-electron chi connectivity index (χ2n) is 6.11. The number of carbonyl (C=O) groups excluding carboxylic acids is 2. The zero-order chi connectivity index (χ0) is 18.4. The highest BCUT2D eigenvalue weighted by molar-refractivity contribution is 5.99. The van der Waals surface area contributed by atoms with Crippen LogP contribution < -0.4 is 15.0 Å². The molecule has 26 heavy (non-hydrogen) atoms. The molecule has 2 aromatic rings. The van der Waals surface area contributed by atoms with Gasteiger partial charge in [0.1, 0.15) is 11.6 Å². The van der Waals surface area contributed by atoms with Crippen LogP contribution in [-0.2, 0) is 4.79 Å². The topological polar surface area (TPSA) is 58.6 Å². The highest BCUT2D eigenvalue weighted by atomic mass is 19.1. The van der Waals surface area contributed by atoms with Crippen molar-refractivity contribution in [1.29, 1.82) is 0 Å². The zero-order valence-electron chi connectivity index (χ0n) is 14.4. The van der Waals surface area contributed by atoms with Crippen molar-refractivity contribution in [3.8, 4) is 5.75 Å². The van der Waals surface area contributed by atoms with Crippen molar-refractivity contribution in [1.82, 2.24) is 5.32 Å². The Hall–Kier alpha value is -2.89. The second-order valence-corrected chi connectivity index (χ2v) is 6.11. The normalized spacial score (nSPS) is 13.7. The molecule has 136 valence electrons. The molecule has 2 aromatic carbocycles. The lowest BCUT2D eigenvalue weighted by Crippen LogP contribution is -2.27. The second kappa shape index (κ2) is 8.47. The van der Waals surface area contributed by atoms with E-state index >= 15 is 0 Å². The van der Waals surface area contributed by atoms with Gasteiger partial charge in [-0.3, -0.25) is 9.59 Å². The van der Waals surface area contributed by atoms with Crippen LogP contribution in [0.3, 0.4) is 0 Å². The lowest BCUT2D eigenvalue weighted by Gasteiger charge is -2.16. The number of nitrogens with one attached hydrogen (secondary N) is 1. The Morgan fingerprint density at radius 2 is 2.00 bits per heavy atom. The van der Waals surface area contributed by atoms with E-state index in [4.69, 9.17) is 4.74 Å². The molecule has 0 aliphatic carbocycles. The third-order valence-electron chi connectivity index (χ3n) is 4.18. The van der Waals surface area contributed by atoms with Crippen molar-refractivity contribution >= 4 is 17.5 Å². The average Bonchev–Trinajstić information content (AvgIpc) is 3.09. The number of anilines is 1. The van der Waals surface area contributed by atoms with Gasteiger partial charge in [0.15, 0.2) is 0 Å². The molecule has 1 aliphatic heterocycles. The van der Waals surface area contributed by atoms with Crippen LogP contribution in [-0.4, -0.2) is 31.5 Å². The standard InChI is InChI=1S/C20H21FN2O3/c21-16-7-9-18(10-8-16)26-13-3-11-22-20(25)15-4-1-5-17(14-15)23-12-2-6-19(23)24/h1,4-5,7-10,14H,2-3,6,11-13H2,(H,22,25). The maximum Gasteiger partial charge on any atom is 0.251 e. The van der Waals surface area contributed by atoms with E-state index in [0.717, 1.165) is 12.1 Å². The molecule has 0 unspecified atom stereocenters. The Kier molecular flexibility index (Phi) is 5.84. The van der Waals surface area contributed by atoms with Gasteiger partial charge in [-0.15, -0.1) is 0 Å². The Morgan fingerprint density at radius 1 is 1.19 bits per heavy atom. The molecule has 1 heterocycles. The molecule has 3 rings (SSSR count). The number of carbonyl (C=O) groups is 2. The lowest BCUT2D eigenvalue weighted by molar-refractivity contribution is -0.117. The minimum absolute atomic E-state index is 0.0977. The summed E-state index contributed by atoms with van der Waals surface area (Å²) in [6.45, 7) is 1.59. The molecule has 2 amide bonds. The largest absolute Gasteiger partial charge is 0.494 e. The maximum absolute atomic E-state index is 12.8. The SMILES string of the molecule is O=C(NCCCOc1ccc(F)cc1)c1cccc(N2CCCC2=O)c1. The number of rotatable bonds is 7. The number of amides is 2.